The average molecular weight is 470 g/mol. The first kappa shape index (κ1) is 21.6. The number of nitro benzene ring substituents is 1. The van der Waals surface area contributed by atoms with Gasteiger partial charge in [0.2, 0.25) is 0 Å². The minimum absolute atomic E-state index is 0.104. The number of carbonyl (C=O) groups excluding carboxylic acids is 1. The number of ether oxygens (including phenoxy) is 1. The fourth-order valence-corrected chi connectivity index (χ4v) is 6.72. The van der Waals surface area contributed by atoms with Crippen LogP contribution < -0.4 is 15.4 Å². The molecule has 2 saturated carbocycles. The van der Waals surface area contributed by atoms with Crippen LogP contribution in [0.2, 0.25) is 0 Å². The van der Waals surface area contributed by atoms with E-state index >= 15 is 0 Å². The second-order valence-corrected chi connectivity index (χ2v) is 9.87. The second-order valence-electron chi connectivity index (χ2n) is 9.87. The number of fused-ring (bicyclic) bond motifs is 7. The first-order chi connectivity index (χ1) is 17.0. The fourth-order valence-electron chi connectivity index (χ4n) is 6.72. The van der Waals surface area contributed by atoms with Crippen LogP contribution in [0.4, 0.5) is 17.1 Å². The quantitative estimate of drug-likeness (QED) is 0.345. The summed E-state index contributed by atoms with van der Waals surface area (Å²) in [6.07, 6.45) is 3.77. The Bertz CT molecular complexity index is 1310. The summed E-state index contributed by atoms with van der Waals surface area (Å²) in [4.78, 5) is 24.0. The summed E-state index contributed by atoms with van der Waals surface area (Å²) < 4.78 is 5.30. The monoisotopic (exact) mass is 469 g/mol. The molecule has 2 fully saturated rings. The molecule has 1 heterocycles. The van der Waals surface area contributed by atoms with Crippen LogP contribution in [0.5, 0.6) is 5.75 Å². The van der Waals surface area contributed by atoms with E-state index in [4.69, 9.17) is 4.74 Å². The molecule has 2 aliphatic carbocycles. The maximum Gasteiger partial charge on any atom is 0.271 e. The number of rotatable bonds is 5. The molecule has 2 N–H and O–H groups in total. The molecule has 178 valence electrons. The van der Waals surface area contributed by atoms with Crippen molar-refractivity contribution in [3.05, 3.63) is 93.5 Å². The molecule has 5 atom stereocenters. The number of benzene rings is 3. The van der Waals surface area contributed by atoms with Gasteiger partial charge in [0.1, 0.15) is 5.75 Å². The van der Waals surface area contributed by atoms with Crippen LogP contribution in [0.1, 0.15) is 52.7 Å². The SMILES string of the molecule is COc1ccc([N+](=O)[O-])cc1NC(=O)c1ccc2c(c1)[C@H]1[C@H]3CC[C@@H](C3)[C@@H]1[C@@H](c1ccccc1)N2. The molecule has 7 heteroatoms. The Morgan fingerprint density at radius 3 is 2.63 bits per heavy atom. The highest BCUT2D eigenvalue weighted by molar-refractivity contribution is 6.05. The third-order valence-electron chi connectivity index (χ3n) is 8.15. The number of nitrogens with zero attached hydrogens (tertiary/aromatic N) is 1. The van der Waals surface area contributed by atoms with E-state index in [0.717, 1.165) is 5.69 Å². The van der Waals surface area contributed by atoms with E-state index in [-0.39, 0.29) is 23.3 Å². The third-order valence-corrected chi connectivity index (χ3v) is 8.15. The maximum atomic E-state index is 13.2. The largest absolute Gasteiger partial charge is 0.495 e. The molecular weight excluding hydrogens is 442 g/mol. The topological polar surface area (TPSA) is 93.5 Å². The molecule has 6 rings (SSSR count). The van der Waals surface area contributed by atoms with Gasteiger partial charge in [-0.05, 0) is 78.3 Å². The lowest BCUT2D eigenvalue weighted by Gasteiger charge is -2.43. The smallest absolute Gasteiger partial charge is 0.271 e. The van der Waals surface area contributed by atoms with E-state index in [9.17, 15) is 14.9 Å². The minimum Gasteiger partial charge on any atom is -0.495 e. The summed E-state index contributed by atoms with van der Waals surface area (Å²) in [6.45, 7) is 0. The predicted octanol–water partition coefficient (Wildman–Crippen LogP) is 6.15. The Labute approximate surface area is 203 Å². The number of non-ortho nitro benzene ring substituents is 1. The van der Waals surface area contributed by atoms with Crippen LogP contribution in [-0.2, 0) is 0 Å². The zero-order chi connectivity index (χ0) is 24.1. The van der Waals surface area contributed by atoms with Crippen LogP contribution in [0.25, 0.3) is 0 Å². The van der Waals surface area contributed by atoms with Crippen LogP contribution in [0, 0.1) is 27.9 Å². The van der Waals surface area contributed by atoms with Gasteiger partial charge in [0.25, 0.3) is 11.6 Å². The van der Waals surface area contributed by atoms with Crippen molar-refractivity contribution >= 4 is 23.0 Å². The zero-order valence-electron chi connectivity index (χ0n) is 19.4. The second kappa shape index (κ2) is 8.41. The number of hydrogen-bond acceptors (Lipinski definition) is 5. The van der Waals surface area contributed by atoms with Crippen LogP contribution in [0.3, 0.4) is 0 Å². The predicted molar refractivity (Wildman–Crippen MR) is 134 cm³/mol. The van der Waals surface area contributed by atoms with Gasteiger partial charge < -0.3 is 15.4 Å². The van der Waals surface area contributed by atoms with Crippen LogP contribution in [0.15, 0.2) is 66.7 Å². The lowest BCUT2D eigenvalue weighted by molar-refractivity contribution is -0.384. The first-order valence-corrected chi connectivity index (χ1v) is 12.1. The zero-order valence-corrected chi connectivity index (χ0v) is 19.4. The van der Waals surface area contributed by atoms with E-state index in [0.29, 0.717) is 35.0 Å². The standard InChI is InChI=1S/C28H27N3O4/c1-35-24-12-10-20(31(33)34)15-23(24)30-28(32)19-9-11-22-21(14-19)25-17-7-8-18(13-17)26(25)27(29-22)16-5-3-2-4-6-16/h2-6,9-12,14-15,17-18,25-27,29H,7-8,13H2,1H3,(H,30,32)/t17-,18-,25+,26-,27+/m0/s1. The van der Waals surface area contributed by atoms with Gasteiger partial charge in [-0.2, -0.15) is 0 Å². The normalized spacial score (nSPS) is 25.8. The minimum atomic E-state index is -0.488. The Morgan fingerprint density at radius 2 is 1.86 bits per heavy atom. The van der Waals surface area contributed by atoms with Crippen molar-refractivity contribution in [1.29, 1.82) is 0 Å². The van der Waals surface area contributed by atoms with Crippen LogP contribution >= 0.6 is 0 Å². The van der Waals surface area contributed by atoms with Crippen LogP contribution in [-0.4, -0.2) is 17.9 Å². The summed E-state index contributed by atoms with van der Waals surface area (Å²) in [5, 5.41) is 17.8. The van der Waals surface area contributed by atoms with Crippen molar-refractivity contribution in [2.45, 2.75) is 31.2 Å². The van der Waals surface area contributed by atoms with Gasteiger partial charge in [-0.15, -0.1) is 0 Å². The molecule has 0 spiro atoms. The van der Waals surface area contributed by atoms with Crippen molar-refractivity contribution in [2.24, 2.45) is 17.8 Å². The Balaban J connectivity index is 1.33. The van der Waals surface area contributed by atoms with Gasteiger partial charge >= 0.3 is 0 Å². The molecule has 3 aromatic carbocycles. The van der Waals surface area contributed by atoms with Gasteiger partial charge in [-0.25, -0.2) is 0 Å². The van der Waals surface area contributed by atoms with E-state index < -0.39 is 4.92 Å². The van der Waals surface area contributed by atoms with E-state index in [1.807, 2.05) is 18.2 Å². The number of anilines is 2. The number of nitrogens with one attached hydrogen (secondary N) is 2. The molecular formula is C28H27N3O4. The fraction of sp³-hybridized carbons (Fsp3) is 0.321. The van der Waals surface area contributed by atoms with Gasteiger partial charge in [0.15, 0.2) is 0 Å². The van der Waals surface area contributed by atoms with Gasteiger partial charge in [-0.1, -0.05) is 30.3 Å². The highest BCUT2D eigenvalue weighted by Crippen LogP contribution is 2.63. The van der Waals surface area contributed by atoms with Gasteiger partial charge in [0, 0.05) is 23.4 Å². The number of nitro groups is 1. The van der Waals surface area contributed by atoms with Gasteiger partial charge in [0.05, 0.1) is 23.8 Å². The molecule has 0 unspecified atom stereocenters. The van der Waals surface area contributed by atoms with E-state index in [1.54, 1.807) is 0 Å². The summed E-state index contributed by atoms with van der Waals surface area (Å²) in [5.74, 6) is 2.35. The summed E-state index contributed by atoms with van der Waals surface area (Å²) in [6, 6.07) is 21.0. The number of methoxy groups -OCH3 is 1. The first-order valence-electron chi connectivity index (χ1n) is 12.1. The Hall–Kier alpha value is -3.87. The summed E-state index contributed by atoms with van der Waals surface area (Å²) in [5.41, 5.74) is 4.35. The van der Waals surface area contributed by atoms with Crippen molar-refractivity contribution < 1.29 is 14.5 Å². The molecule has 1 amide bonds. The molecule has 7 nitrogen and oxygen atoms in total. The molecule has 1 aliphatic heterocycles. The molecule has 0 aromatic heterocycles. The summed E-state index contributed by atoms with van der Waals surface area (Å²) in [7, 11) is 1.47. The van der Waals surface area contributed by atoms with Crippen molar-refractivity contribution in [2.75, 3.05) is 17.7 Å². The number of carbonyl (C=O) groups is 1. The molecule has 3 aliphatic rings. The molecule has 0 saturated heterocycles. The summed E-state index contributed by atoms with van der Waals surface area (Å²) >= 11 is 0. The highest BCUT2D eigenvalue weighted by Gasteiger charge is 2.53. The Morgan fingerprint density at radius 1 is 1.06 bits per heavy atom. The third kappa shape index (κ3) is 3.62. The molecule has 2 bridgehead atoms. The molecule has 0 radical (unpaired) electrons. The lowest BCUT2D eigenvalue weighted by Crippen LogP contribution is -2.35. The van der Waals surface area contributed by atoms with Crippen molar-refractivity contribution in [3.63, 3.8) is 0 Å². The van der Waals surface area contributed by atoms with Crippen molar-refractivity contribution in [1.82, 2.24) is 0 Å². The number of hydrogen-bond donors (Lipinski definition) is 2. The van der Waals surface area contributed by atoms with Gasteiger partial charge in [-0.3, -0.25) is 14.9 Å². The lowest BCUT2D eigenvalue weighted by atomic mass is 9.68. The number of amides is 1. The van der Waals surface area contributed by atoms with E-state index in [2.05, 4.69) is 41.0 Å². The molecule has 35 heavy (non-hydrogen) atoms. The highest BCUT2D eigenvalue weighted by atomic mass is 16.6. The Kier molecular flexibility index (Phi) is 5.20. The molecule has 3 aromatic rings. The maximum absolute atomic E-state index is 13.2. The van der Waals surface area contributed by atoms with E-state index in [1.165, 1.54) is 55.7 Å². The average Bonchev–Trinajstić information content (AvgIpc) is 3.51. The van der Waals surface area contributed by atoms with Crippen molar-refractivity contribution in [3.8, 4) is 5.75 Å².